The zero-order valence-corrected chi connectivity index (χ0v) is 18.8. The van der Waals surface area contributed by atoms with Crippen LogP contribution in [-0.2, 0) is 11.2 Å². The molecule has 7 heteroatoms. The van der Waals surface area contributed by atoms with Gasteiger partial charge >= 0.3 is 0 Å². The lowest BCUT2D eigenvalue weighted by molar-refractivity contribution is -0.118. The molecular formula is C26H24ClFN4O. The van der Waals surface area contributed by atoms with Crippen molar-refractivity contribution in [2.24, 2.45) is 4.99 Å². The molecule has 33 heavy (non-hydrogen) atoms. The van der Waals surface area contributed by atoms with Gasteiger partial charge in [0.05, 0.1) is 5.69 Å². The molecule has 2 aliphatic rings. The average Bonchev–Trinajstić information content (AvgIpc) is 3.17. The summed E-state index contributed by atoms with van der Waals surface area (Å²) < 4.78 is 13.3. The smallest absolute Gasteiger partial charge is 0.259 e. The highest BCUT2D eigenvalue weighted by Crippen LogP contribution is 2.27. The summed E-state index contributed by atoms with van der Waals surface area (Å²) in [5.41, 5.74) is 2.84. The molecule has 1 amide bonds. The maximum Gasteiger partial charge on any atom is 0.259 e. The molecule has 0 aromatic heterocycles. The van der Waals surface area contributed by atoms with Gasteiger partial charge in [-0.05, 0) is 54.1 Å². The van der Waals surface area contributed by atoms with Crippen molar-refractivity contribution in [3.63, 3.8) is 0 Å². The van der Waals surface area contributed by atoms with Gasteiger partial charge in [0.25, 0.3) is 5.91 Å². The molecule has 0 radical (unpaired) electrons. The van der Waals surface area contributed by atoms with E-state index in [0.29, 0.717) is 30.5 Å². The molecule has 1 atom stereocenters. The number of benzene rings is 3. The van der Waals surface area contributed by atoms with Gasteiger partial charge in [-0.25, -0.2) is 14.3 Å². The second kappa shape index (κ2) is 9.24. The minimum Gasteiger partial charge on any atom is -0.368 e. The molecule has 2 aliphatic heterocycles. The number of guanidine groups is 1. The van der Waals surface area contributed by atoms with E-state index in [1.54, 1.807) is 29.2 Å². The van der Waals surface area contributed by atoms with Gasteiger partial charge in [-0.3, -0.25) is 4.79 Å². The number of piperazine rings is 1. The van der Waals surface area contributed by atoms with Crippen molar-refractivity contribution < 1.29 is 9.18 Å². The Balaban J connectivity index is 1.38. The fraction of sp³-hybridized carbons (Fsp3) is 0.231. The molecular weight excluding hydrogens is 439 g/mol. The standard InChI is InChI=1S/C26H24ClFN4O/c27-20-6-10-23(11-7-20)32-25(33)24(18-19-4-2-1-3-5-19)29-26(32)31-16-14-30(15-17-31)22-12-8-21(28)9-13-22/h1-13,24H,14-18H2. The number of anilines is 2. The van der Waals surface area contributed by atoms with Gasteiger partial charge in [0, 0.05) is 43.3 Å². The zero-order valence-electron chi connectivity index (χ0n) is 18.1. The van der Waals surface area contributed by atoms with E-state index in [1.165, 1.54) is 12.1 Å². The maximum absolute atomic E-state index is 13.5. The molecule has 1 fully saturated rings. The van der Waals surface area contributed by atoms with Gasteiger partial charge in [0.15, 0.2) is 0 Å². The van der Waals surface area contributed by atoms with Crippen LogP contribution in [-0.4, -0.2) is 49.0 Å². The van der Waals surface area contributed by atoms with Crippen LogP contribution in [0.2, 0.25) is 5.02 Å². The van der Waals surface area contributed by atoms with E-state index in [1.807, 2.05) is 42.5 Å². The van der Waals surface area contributed by atoms with Crippen molar-refractivity contribution in [1.29, 1.82) is 0 Å². The van der Waals surface area contributed by atoms with E-state index in [9.17, 15) is 9.18 Å². The molecule has 0 spiro atoms. The lowest BCUT2D eigenvalue weighted by Crippen LogP contribution is -2.53. The number of amides is 1. The van der Waals surface area contributed by atoms with Crippen LogP contribution in [0.25, 0.3) is 0 Å². The Morgan fingerprint density at radius 1 is 0.818 bits per heavy atom. The van der Waals surface area contributed by atoms with Crippen LogP contribution in [0.4, 0.5) is 15.8 Å². The molecule has 3 aromatic rings. The molecule has 0 bridgehead atoms. The summed E-state index contributed by atoms with van der Waals surface area (Å²) in [6, 6.07) is 23.4. The van der Waals surface area contributed by atoms with Crippen molar-refractivity contribution in [2.75, 3.05) is 36.0 Å². The molecule has 1 saturated heterocycles. The van der Waals surface area contributed by atoms with E-state index in [0.717, 1.165) is 30.0 Å². The Labute approximate surface area is 197 Å². The first-order valence-electron chi connectivity index (χ1n) is 11.1. The predicted molar refractivity (Wildman–Crippen MR) is 130 cm³/mol. The lowest BCUT2D eigenvalue weighted by atomic mass is 10.1. The van der Waals surface area contributed by atoms with Gasteiger partial charge in [0.2, 0.25) is 5.96 Å². The van der Waals surface area contributed by atoms with Gasteiger partial charge in [-0.15, -0.1) is 0 Å². The van der Waals surface area contributed by atoms with Crippen molar-refractivity contribution >= 4 is 34.8 Å². The SMILES string of the molecule is O=C1C(Cc2ccccc2)N=C(N2CCN(c3ccc(F)cc3)CC2)N1c1ccc(Cl)cc1. The number of halogens is 2. The van der Waals surface area contributed by atoms with Crippen LogP contribution in [0, 0.1) is 5.82 Å². The van der Waals surface area contributed by atoms with Gasteiger partial charge < -0.3 is 9.80 Å². The molecule has 1 unspecified atom stereocenters. The fourth-order valence-electron chi connectivity index (χ4n) is 4.34. The molecule has 0 N–H and O–H groups in total. The third kappa shape index (κ3) is 4.57. The van der Waals surface area contributed by atoms with Crippen LogP contribution >= 0.6 is 11.6 Å². The van der Waals surface area contributed by atoms with Crippen molar-refractivity contribution in [3.8, 4) is 0 Å². The molecule has 5 nitrogen and oxygen atoms in total. The molecule has 2 heterocycles. The monoisotopic (exact) mass is 462 g/mol. The first-order valence-corrected chi connectivity index (χ1v) is 11.4. The van der Waals surface area contributed by atoms with E-state index < -0.39 is 6.04 Å². The Hall–Kier alpha value is -3.38. The highest BCUT2D eigenvalue weighted by Gasteiger charge is 2.39. The molecule has 0 saturated carbocycles. The number of hydrogen-bond donors (Lipinski definition) is 0. The summed E-state index contributed by atoms with van der Waals surface area (Å²) in [5.74, 6) is 0.415. The van der Waals surface area contributed by atoms with Crippen molar-refractivity contribution in [1.82, 2.24) is 4.90 Å². The molecule has 168 valence electrons. The Morgan fingerprint density at radius 3 is 2.09 bits per heavy atom. The second-order valence-electron chi connectivity index (χ2n) is 8.24. The van der Waals surface area contributed by atoms with Crippen molar-refractivity contribution in [3.05, 3.63) is 95.3 Å². The number of hydrogen-bond acceptors (Lipinski definition) is 4. The topological polar surface area (TPSA) is 39.2 Å². The summed E-state index contributed by atoms with van der Waals surface area (Å²) >= 11 is 6.09. The predicted octanol–water partition coefficient (Wildman–Crippen LogP) is 4.62. The first kappa shape index (κ1) is 21.5. The molecule has 5 rings (SSSR count). The van der Waals surface area contributed by atoms with E-state index in [2.05, 4.69) is 9.80 Å². The highest BCUT2D eigenvalue weighted by molar-refractivity contribution is 6.30. The van der Waals surface area contributed by atoms with E-state index in [4.69, 9.17) is 16.6 Å². The number of carbonyl (C=O) groups excluding carboxylic acids is 1. The number of nitrogens with zero attached hydrogens (tertiary/aromatic N) is 4. The third-order valence-electron chi connectivity index (χ3n) is 6.09. The summed E-state index contributed by atoms with van der Waals surface area (Å²) in [6.07, 6.45) is 0.558. The summed E-state index contributed by atoms with van der Waals surface area (Å²) in [4.78, 5) is 24.5. The number of aliphatic imine (C=N–C) groups is 1. The summed E-state index contributed by atoms with van der Waals surface area (Å²) in [6.45, 7) is 2.95. The van der Waals surface area contributed by atoms with Crippen LogP contribution < -0.4 is 9.80 Å². The Morgan fingerprint density at radius 2 is 1.42 bits per heavy atom. The summed E-state index contributed by atoms with van der Waals surface area (Å²) in [5, 5.41) is 0.623. The van der Waals surface area contributed by atoms with Crippen molar-refractivity contribution in [2.45, 2.75) is 12.5 Å². The minimum absolute atomic E-state index is 0.0304. The van der Waals surface area contributed by atoms with Crippen LogP contribution in [0.5, 0.6) is 0 Å². The van der Waals surface area contributed by atoms with Gasteiger partial charge in [-0.1, -0.05) is 41.9 Å². The van der Waals surface area contributed by atoms with E-state index >= 15 is 0 Å². The summed E-state index contributed by atoms with van der Waals surface area (Å²) in [7, 11) is 0. The minimum atomic E-state index is -0.465. The van der Waals surface area contributed by atoms with Crippen LogP contribution in [0.3, 0.4) is 0 Å². The Kier molecular flexibility index (Phi) is 6.01. The maximum atomic E-state index is 13.5. The fourth-order valence-corrected chi connectivity index (χ4v) is 4.47. The normalized spacial score (nSPS) is 18.6. The number of carbonyl (C=O) groups is 1. The van der Waals surface area contributed by atoms with Gasteiger partial charge in [-0.2, -0.15) is 0 Å². The molecule has 3 aromatic carbocycles. The zero-order chi connectivity index (χ0) is 22.8. The van der Waals surface area contributed by atoms with Crippen LogP contribution in [0.1, 0.15) is 5.56 Å². The Bertz CT molecular complexity index is 1140. The van der Waals surface area contributed by atoms with Crippen LogP contribution in [0.15, 0.2) is 83.9 Å². The largest absolute Gasteiger partial charge is 0.368 e. The third-order valence-corrected chi connectivity index (χ3v) is 6.34. The quantitative estimate of drug-likeness (QED) is 0.568. The average molecular weight is 463 g/mol. The second-order valence-corrected chi connectivity index (χ2v) is 8.67. The number of rotatable bonds is 4. The highest BCUT2D eigenvalue weighted by atomic mass is 35.5. The first-order chi connectivity index (χ1) is 16.1. The molecule has 0 aliphatic carbocycles. The lowest BCUT2D eigenvalue weighted by Gasteiger charge is -2.38. The van der Waals surface area contributed by atoms with Gasteiger partial charge in [0.1, 0.15) is 11.9 Å². The van der Waals surface area contributed by atoms with E-state index in [-0.39, 0.29) is 11.7 Å².